The summed E-state index contributed by atoms with van der Waals surface area (Å²) >= 11 is 0. The van der Waals surface area contributed by atoms with E-state index in [9.17, 15) is 4.79 Å². The number of hydrogen-bond acceptors (Lipinski definition) is 2. The second-order valence-electron chi connectivity index (χ2n) is 4.40. The number of rotatable bonds is 3. The molecule has 90 valence electrons. The van der Waals surface area contributed by atoms with E-state index in [0.717, 1.165) is 22.5 Å². The Kier molecular flexibility index (Phi) is 3.79. The van der Waals surface area contributed by atoms with Crippen LogP contribution in [0.5, 0.6) is 0 Å². The molecule has 0 aliphatic rings. The van der Waals surface area contributed by atoms with Crippen LogP contribution in [0.15, 0.2) is 0 Å². The SMILES string of the molecule is CCOC(=O)c1c(C)c(C)n(C)c1C(C)C. The summed E-state index contributed by atoms with van der Waals surface area (Å²) in [6.07, 6.45) is 0. The van der Waals surface area contributed by atoms with Gasteiger partial charge in [0.15, 0.2) is 0 Å². The van der Waals surface area contributed by atoms with Crippen LogP contribution in [0, 0.1) is 13.8 Å². The number of aromatic nitrogens is 1. The monoisotopic (exact) mass is 223 g/mol. The molecule has 0 atom stereocenters. The first-order valence-electron chi connectivity index (χ1n) is 5.74. The lowest BCUT2D eigenvalue weighted by Gasteiger charge is -2.11. The van der Waals surface area contributed by atoms with Crippen LogP contribution >= 0.6 is 0 Å². The zero-order valence-corrected chi connectivity index (χ0v) is 11.0. The fraction of sp³-hybridized carbons (Fsp3) is 0.615. The summed E-state index contributed by atoms with van der Waals surface area (Å²) in [5, 5.41) is 0. The van der Waals surface area contributed by atoms with Gasteiger partial charge in [-0.25, -0.2) is 4.79 Å². The maximum atomic E-state index is 11.9. The van der Waals surface area contributed by atoms with Gasteiger partial charge >= 0.3 is 5.97 Å². The molecule has 16 heavy (non-hydrogen) atoms. The van der Waals surface area contributed by atoms with Crippen molar-refractivity contribution in [2.75, 3.05) is 6.61 Å². The minimum atomic E-state index is -0.201. The maximum absolute atomic E-state index is 11.9. The third-order valence-electron chi connectivity index (χ3n) is 3.06. The van der Waals surface area contributed by atoms with E-state index in [1.54, 1.807) is 0 Å². The predicted molar refractivity (Wildman–Crippen MR) is 64.9 cm³/mol. The van der Waals surface area contributed by atoms with E-state index >= 15 is 0 Å². The van der Waals surface area contributed by atoms with Crippen molar-refractivity contribution in [1.29, 1.82) is 0 Å². The lowest BCUT2D eigenvalue weighted by Crippen LogP contribution is -2.10. The fourth-order valence-corrected chi connectivity index (χ4v) is 2.11. The highest BCUT2D eigenvalue weighted by Crippen LogP contribution is 2.27. The van der Waals surface area contributed by atoms with Gasteiger partial charge in [-0.1, -0.05) is 13.8 Å². The van der Waals surface area contributed by atoms with Crippen molar-refractivity contribution in [1.82, 2.24) is 4.57 Å². The molecule has 0 unspecified atom stereocenters. The average molecular weight is 223 g/mol. The minimum Gasteiger partial charge on any atom is -0.462 e. The highest BCUT2D eigenvalue weighted by atomic mass is 16.5. The molecule has 1 heterocycles. The normalized spacial score (nSPS) is 10.9. The lowest BCUT2D eigenvalue weighted by atomic mass is 10.0. The van der Waals surface area contributed by atoms with Crippen LogP contribution in [0.1, 0.15) is 54.0 Å². The molecular formula is C13H21NO2. The van der Waals surface area contributed by atoms with Gasteiger partial charge in [0.05, 0.1) is 12.2 Å². The Morgan fingerprint density at radius 1 is 1.38 bits per heavy atom. The summed E-state index contributed by atoms with van der Waals surface area (Å²) in [5.41, 5.74) is 3.97. The number of ether oxygens (including phenoxy) is 1. The van der Waals surface area contributed by atoms with Gasteiger partial charge in [0.1, 0.15) is 0 Å². The van der Waals surface area contributed by atoms with Gasteiger partial charge in [-0.05, 0) is 32.3 Å². The smallest absolute Gasteiger partial charge is 0.340 e. The topological polar surface area (TPSA) is 31.2 Å². The largest absolute Gasteiger partial charge is 0.462 e. The Morgan fingerprint density at radius 2 is 1.94 bits per heavy atom. The first-order valence-corrected chi connectivity index (χ1v) is 5.74. The summed E-state index contributed by atoms with van der Waals surface area (Å²) in [6, 6.07) is 0. The van der Waals surface area contributed by atoms with Gasteiger partial charge in [0.2, 0.25) is 0 Å². The van der Waals surface area contributed by atoms with Crippen LogP contribution in [0.3, 0.4) is 0 Å². The molecule has 0 spiro atoms. The van der Waals surface area contributed by atoms with E-state index in [-0.39, 0.29) is 5.97 Å². The number of nitrogens with zero attached hydrogens (tertiary/aromatic N) is 1. The Balaban J connectivity index is 3.36. The van der Waals surface area contributed by atoms with Gasteiger partial charge in [-0.15, -0.1) is 0 Å². The molecule has 0 bridgehead atoms. The molecule has 3 heteroatoms. The maximum Gasteiger partial charge on any atom is 0.340 e. The quantitative estimate of drug-likeness (QED) is 0.738. The summed E-state index contributed by atoms with van der Waals surface area (Å²) in [7, 11) is 2.00. The van der Waals surface area contributed by atoms with E-state index in [1.165, 1.54) is 0 Å². The van der Waals surface area contributed by atoms with E-state index in [1.807, 2.05) is 27.8 Å². The molecule has 0 saturated carbocycles. The summed E-state index contributed by atoms with van der Waals surface area (Å²) < 4.78 is 7.21. The highest BCUT2D eigenvalue weighted by Gasteiger charge is 2.23. The Bertz CT molecular complexity index is 403. The third kappa shape index (κ3) is 1.99. The van der Waals surface area contributed by atoms with Crippen molar-refractivity contribution < 1.29 is 9.53 Å². The Hall–Kier alpha value is -1.25. The van der Waals surface area contributed by atoms with Crippen LogP contribution in [0.2, 0.25) is 0 Å². The molecule has 0 fully saturated rings. The average Bonchev–Trinajstić information content (AvgIpc) is 2.43. The van der Waals surface area contributed by atoms with Gasteiger partial charge in [-0.3, -0.25) is 0 Å². The zero-order chi connectivity index (χ0) is 12.5. The number of carbonyl (C=O) groups excluding carboxylic acids is 1. The number of carbonyl (C=O) groups is 1. The molecule has 1 aromatic rings. The predicted octanol–water partition coefficient (Wildman–Crippen LogP) is 2.94. The van der Waals surface area contributed by atoms with Crippen molar-refractivity contribution in [3.8, 4) is 0 Å². The fourth-order valence-electron chi connectivity index (χ4n) is 2.11. The van der Waals surface area contributed by atoms with Gasteiger partial charge in [0, 0.05) is 18.4 Å². The van der Waals surface area contributed by atoms with E-state index in [0.29, 0.717) is 12.5 Å². The molecule has 0 radical (unpaired) electrons. The molecule has 0 aromatic carbocycles. The van der Waals surface area contributed by atoms with Crippen molar-refractivity contribution in [2.24, 2.45) is 7.05 Å². The first-order chi connectivity index (χ1) is 7.41. The van der Waals surface area contributed by atoms with Crippen LogP contribution in [0.25, 0.3) is 0 Å². The first kappa shape index (κ1) is 12.8. The van der Waals surface area contributed by atoms with E-state index in [4.69, 9.17) is 4.74 Å². The molecular weight excluding hydrogens is 202 g/mol. The van der Waals surface area contributed by atoms with Crippen molar-refractivity contribution in [2.45, 2.75) is 40.5 Å². The molecule has 0 aliphatic carbocycles. The molecule has 1 rings (SSSR count). The zero-order valence-electron chi connectivity index (χ0n) is 11.0. The standard InChI is InChI=1S/C13H21NO2/c1-7-16-13(15)11-9(4)10(5)14(6)12(11)8(2)3/h8H,7H2,1-6H3. The molecule has 0 N–H and O–H groups in total. The van der Waals surface area contributed by atoms with E-state index in [2.05, 4.69) is 18.4 Å². The van der Waals surface area contributed by atoms with Crippen molar-refractivity contribution in [3.05, 3.63) is 22.5 Å². The van der Waals surface area contributed by atoms with Crippen molar-refractivity contribution in [3.63, 3.8) is 0 Å². The number of esters is 1. The third-order valence-corrected chi connectivity index (χ3v) is 3.06. The Morgan fingerprint density at radius 3 is 2.38 bits per heavy atom. The summed E-state index contributed by atoms with van der Waals surface area (Å²) in [4.78, 5) is 11.9. The number of hydrogen-bond donors (Lipinski definition) is 0. The highest BCUT2D eigenvalue weighted by molar-refractivity contribution is 5.93. The minimum absolute atomic E-state index is 0.201. The second kappa shape index (κ2) is 4.73. The van der Waals surface area contributed by atoms with Crippen molar-refractivity contribution >= 4 is 5.97 Å². The van der Waals surface area contributed by atoms with E-state index < -0.39 is 0 Å². The molecule has 0 saturated heterocycles. The molecule has 3 nitrogen and oxygen atoms in total. The summed E-state index contributed by atoms with van der Waals surface area (Å²) in [5.74, 6) is 0.115. The van der Waals surface area contributed by atoms with Gasteiger partial charge < -0.3 is 9.30 Å². The molecule has 1 aromatic heterocycles. The van der Waals surface area contributed by atoms with Gasteiger partial charge in [-0.2, -0.15) is 0 Å². The summed E-state index contributed by atoms with van der Waals surface area (Å²) in [6.45, 7) is 10.5. The van der Waals surface area contributed by atoms with Crippen LogP contribution in [0.4, 0.5) is 0 Å². The molecule has 0 aliphatic heterocycles. The Labute approximate surface area is 97.4 Å². The lowest BCUT2D eigenvalue weighted by molar-refractivity contribution is 0.0523. The van der Waals surface area contributed by atoms with Crippen LogP contribution in [-0.4, -0.2) is 17.1 Å². The second-order valence-corrected chi connectivity index (χ2v) is 4.40. The molecule has 0 amide bonds. The van der Waals surface area contributed by atoms with Crippen LogP contribution in [-0.2, 0) is 11.8 Å². The van der Waals surface area contributed by atoms with Crippen LogP contribution < -0.4 is 0 Å². The van der Waals surface area contributed by atoms with Gasteiger partial charge in [0.25, 0.3) is 0 Å².